The van der Waals surface area contributed by atoms with E-state index >= 15 is 0 Å². The lowest BCUT2D eigenvalue weighted by Gasteiger charge is -2.30. The summed E-state index contributed by atoms with van der Waals surface area (Å²) in [6.45, 7) is 5.68. The molecule has 0 aliphatic rings. The Balaban J connectivity index is 2.85. The number of benzene rings is 1. The summed E-state index contributed by atoms with van der Waals surface area (Å²) in [5.74, 6) is -0.221. The predicted octanol–water partition coefficient (Wildman–Crippen LogP) is 3.57. The molecule has 1 N–H and O–H groups in total. The molecule has 1 aromatic rings. The van der Waals surface area contributed by atoms with E-state index in [9.17, 15) is 4.39 Å². The Morgan fingerprint density at radius 2 is 2.00 bits per heavy atom. The second kappa shape index (κ2) is 7.87. The first-order valence-electron chi connectivity index (χ1n) is 6.41. The molecule has 0 saturated heterocycles. The van der Waals surface area contributed by atoms with E-state index in [0.29, 0.717) is 19.1 Å². The van der Waals surface area contributed by atoms with Gasteiger partial charge in [-0.15, -0.1) is 0 Å². The van der Waals surface area contributed by atoms with Crippen LogP contribution in [0.2, 0.25) is 0 Å². The van der Waals surface area contributed by atoms with Crippen LogP contribution in [0.4, 0.5) is 4.39 Å². The van der Waals surface area contributed by atoms with E-state index in [1.54, 1.807) is 12.1 Å². The fraction of sp³-hybridized carbons (Fsp3) is 0.571. The summed E-state index contributed by atoms with van der Waals surface area (Å²) in [5.41, 5.74) is 0.926. The molecule has 0 fully saturated rings. The molecule has 0 spiro atoms. The lowest BCUT2D eigenvalue weighted by molar-refractivity contribution is 0.136. The maximum Gasteiger partial charge on any atom is 0.123 e. The van der Waals surface area contributed by atoms with E-state index in [4.69, 9.17) is 5.11 Å². The van der Waals surface area contributed by atoms with E-state index in [-0.39, 0.29) is 12.4 Å². The lowest BCUT2D eigenvalue weighted by Crippen LogP contribution is -2.36. The van der Waals surface area contributed by atoms with Crippen molar-refractivity contribution in [3.63, 3.8) is 0 Å². The van der Waals surface area contributed by atoms with Crippen LogP contribution in [-0.2, 0) is 6.54 Å². The molecule has 0 aromatic heterocycles. The summed E-state index contributed by atoms with van der Waals surface area (Å²) in [4.78, 5) is 2.21. The zero-order valence-electron chi connectivity index (χ0n) is 11.0. The SMILES string of the molecule is CCC(CC)N(CCO)Cc1cc(F)ccc1Br. The number of nitrogens with zero attached hydrogens (tertiary/aromatic N) is 1. The summed E-state index contributed by atoms with van der Waals surface area (Å²) in [5, 5.41) is 9.15. The van der Waals surface area contributed by atoms with Gasteiger partial charge in [-0.1, -0.05) is 29.8 Å². The Bertz CT molecular complexity index is 369. The number of rotatable bonds is 7. The van der Waals surface area contributed by atoms with Crippen LogP contribution in [0.3, 0.4) is 0 Å². The van der Waals surface area contributed by atoms with E-state index in [2.05, 4.69) is 34.7 Å². The predicted molar refractivity (Wildman–Crippen MR) is 76.0 cm³/mol. The molecule has 102 valence electrons. The maximum atomic E-state index is 13.3. The van der Waals surface area contributed by atoms with Gasteiger partial charge in [-0.3, -0.25) is 4.90 Å². The first-order chi connectivity index (χ1) is 8.62. The van der Waals surface area contributed by atoms with Crippen LogP contribution in [0.25, 0.3) is 0 Å². The Kier molecular flexibility index (Phi) is 6.82. The van der Waals surface area contributed by atoms with Gasteiger partial charge in [0.25, 0.3) is 0 Å². The van der Waals surface area contributed by atoms with Crippen molar-refractivity contribution in [1.82, 2.24) is 4.90 Å². The molecule has 18 heavy (non-hydrogen) atoms. The van der Waals surface area contributed by atoms with E-state index < -0.39 is 0 Å². The van der Waals surface area contributed by atoms with Gasteiger partial charge in [-0.2, -0.15) is 0 Å². The smallest absolute Gasteiger partial charge is 0.123 e. The highest BCUT2D eigenvalue weighted by molar-refractivity contribution is 9.10. The van der Waals surface area contributed by atoms with E-state index in [1.165, 1.54) is 6.07 Å². The summed E-state index contributed by atoms with van der Waals surface area (Å²) >= 11 is 3.45. The normalized spacial score (nSPS) is 11.5. The molecular formula is C14H21BrFNO. The van der Waals surface area contributed by atoms with Crippen molar-refractivity contribution >= 4 is 15.9 Å². The molecule has 2 nitrogen and oxygen atoms in total. The molecule has 0 atom stereocenters. The second-order valence-electron chi connectivity index (χ2n) is 4.40. The van der Waals surface area contributed by atoms with Crippen LogP contribution in [0.1, 0.15) is 32.3 Å². The average Bonchev–Trinajstić information content (AvgIpc) is 2.35. The quantitative estimate of drug-likeness (QED) is 0.831. The summed E-state index contributed by atoms with van der Waals surface area (Å²) in [6, 6.07) is 5.15. The number of aliphatic hydroxyl groups is 1. The maximum absolute atomic E-state index is 13.3. The summed E-state index contributed by atoms with van der Waals surface area (Å²) < 4.78 is 14.2. The highest BCUT2D eigenvalue weighted by atomic mass is 79.9. The van der Waals surface area contributed by atoms with Gasteiger partial charge >= 0.3 is 0 Å². The molecule has 1 rings (SSSR count). The zero-order valence-corrected chi connectivity index (χ0v) is 12.6. The second-order valence-corrected chi connectivity index (χ2v) is 5.25. The Morgan fingerprint density at radius 3 is 2.56 bits per heavy atom. The monoisotopic (exact) mass is 317 g/mol. The summed E-state index contributed by atoms with van der Waals surface area (Å²) in [7, 11) is 0. The van der Waals surface area contributed by atoms with Crippen LogP contribution >= 0.6 is 15.9 Å². The number of halogens is 2. The minimum atomic E-state index is -0.221. The van der Waals surface area contributed by atoms with E-state index in [1.807, 2.05) is 0 Å². The standard InChI is InChI=1S/C14H21BrFNO/c1-3-13(4-2)17(7-8-18)10-11-9-12(16)5-6-14(11)15/h5-6,9,13,18H,3-4,7-8,10H2,1-2H3. The Labute approximate surface area is 117 Å². The number of hydrogen-bond donors (Lipinski definition) is 1. The van der Waals surface area contributed by atoms with Crippen LogP contribution in [0.5, 0.6) is 0 Å². The molecule has 0 saturated carbocycles. The fourth-order valence-electron chi connectivity index (χ4n) is 2.21. The van der Waals surface area contributed by atoms with Gasteiger partial charge in [-0.05, 0) is 36.6 Å². The molecule has 0 aliphatic heterocycles. The van der Waals surface area contributed by atoms with Crippen LogP contribution in [0, 0.1) is 5.82 Å². The third kappa shape index (κ3) is 4.34. The van der Waals surface area contributed by atoms with E-state index in [0.717, 1.165) is 22.9 Å². The molecule has 0 unspecified atom stereocenters. The minimum Gasteiger partial charge on any atom is -0.395 e. The average molecular weight is 318 g/mol. The lowest BCUT2D eigenvalue weighted by atomic mass is 10.1. The van der Waals surface area contributed by atoms with Gasteiger partial charge in [0.05, 0.1) is 6.61 Å². The van der Waals surface area contributed by atoms with Crippen molar-refractivity contribution in [2.24, 2.45) is 0 Å². The van der Waals surface area contributed by atoms with Crippen molar-refractivity contribution in [3.8, 4) is 0 Å². The number of hydrogen-bond acceptors (Lipinski definition) is 2. The van der Waals surface area contributed by atoms with Gasteiger partial charge in [0.15, 0.2) is 0 Å². The highest BCUT2D eigenvalue weighted by Crippen LogP contribution is 2.21. The van der Waals surface area contributed by atoms with Crippen molar-refractivity contribution in [3.05, 3.63) is 34.1 Å². The fourth-order valence-corrected chi connectivity index (χ4v) is 2.58. The van der Waals surface area contributed by atoms with Crippen molar-refractivity contribution in [2.75, 3.05) is 13.2 Å². The molecule has 0 bridgehead atoms. The first-order valence-corrected chi connectivity index (χ1v) is 7.20. The van der Waals surface area contributed by atoms with Crippen LogP contribution < -0.4 is 0 Å². The van der Waals surface area contributed by atoms with Gasteiger partial charge in [-0.25, -0.2) is 4.39 Å². The largest absolute Gasteiger partial charge is 0.395 e. The molecule has 0 radical (unpaired) electrons. The van der Waals surface area contributed by atoms with Gasteiger partial charge < -0.3 is 5.11 Å². The molecule has 0 amide bonds. The van der Waals surface area contributed by atoms with Crippen molar-refractivity contribution in [1.29, 1.82) is 0 Å². The van der Waals surface area contributed by atoms with Crippen LogP contribution in [-0.4, -0.2) is 29.2 Å². The van der Waals surface area contributed by atoms with Gasteiger partial charge in [0, 0.05) is 23.6 Å². The third-order valence-corrected chi connectivity index (χ3v) is 4.00. The molecule has 1 aromatic carbocycles. The van der Waals surface area contributed by atoms with Crippen LogP contribution in [0.15, 0.2) is 22.7 Å². The highest BCUT2D eigenvalue weighted by Gasteiger charge is 2.16. The molecule has 4 heteroatoms. The van der Waals surface area contributed by atoms with Gasteiger partial charge in [0.2, 0.25) is 0 Å². The van der Waals surface area contributed by atoms with Crippen molar-refractivity contribution < 1.29 is 9.50 Å². The summed E-state index contributed by atoms with van der Waals surface area (Å²) in [6.07, 6.45) is 2.06. The molecular weight excluding hydrogens is 297 g/mol. The topological polar surface area (TPSA) is 23.5 Å². The number of aliphatic hydroxyl groups excluding tert-OH is 1. The first kappa shape index (κ1) is 15.6. The zero-order chi connectivity index (χ0) is 13.5. The van der Waals surface area contributed by atoms with Crippen molar-refractivity contribution in [2.45, 2.75) is 39.3 Å². The minimum absolute atomic E-state index is 0.128. The molecule has 0 heterocycles. The molecule has 0 aliphatic carbocycles. The third-order valence-electron chi connectivity index (χ3n) is 3.23. The Hall–Kier alpha value is -0.450. The van der Waals surface area contributed by atoms with Gasteiger partial charge in [0.1, 0.15) is 5.82 Å². The Morgan fingerprint density at radius 1 is 1.33 bits per heavy atom.